The van der Waals surface area contributed by atoms with Crippen LogP contribution in [0.25, 0.3) is 0 Å². The minimum absolute atomic E-state index is 0.329. The van der Waals surface area contributed by atoms with Crippen LogP contribution in [0.3, 0.4) is 0 Å². The van der Waals surface area contributed by atoms with E-state index >= 15 is 0 Å². The second-order valence-electron chi connectivity index (χ2n) is 3.49. The molecule has 0 aromatic rings. The first-order valence-corrected chi connectivity index (χ1v) is 6.59. The van der Waals surface area contributed by atoms with E-state index in [-0.39, 0.29) is 0 Å². The van der Waals surface area contributed by atoms with Gasteiger partial charge in [0.25, 0.3) is 0 Å². The summed E-state index contributed by atoms with van der Waals surface area (Å²) < 4.78 is 22.2. The van der Waals surface area contributed by atoms with Gasteiger partial charge in [0.15, 0.2) is 9.84 Å². The van der Waals surface area contributed by atoms with Gasteiger partial charge in [-0.3, -0.25) is 0 Å². The number of sulfone groups is 1. The zero-order valence-corrected chi connectivity index (χ0v) is 8.72. The van der Waals surface area contributed by atoms with E-state index in [0.29, 0.717) is 24.6 Å². The smallest absolute Gasteiger partial charge is 0.152 e. The second kappa shape index (κ2) is 4.93. The molecule has 13 heavy (non-hydrogen) atoms. The SMILES string of the molecule is NCCCCN1CCS(=O)(=O)CC1. The van der Waals surface area contributed by atoms with Gasteiger partial charge >= 0.3 is 0 Å². The molecule has 0 spiro atoms. The lowest BCUT2D eigenvalue weighted by molar-refractivity contribution is 0.290. The molecule has 0 aromatic carbocycles. The van der Waals surface area contributed by atoms with E-state index in [1.54, 1.807) is 0 Å². The number of rotatable bonds is 4. The Morgan fingerprint density at radius 1 is 1.15 bits per heavy atom. The highest BCUT2D eigenvalue weighted by atomic mass is 32.2. The lowest BCUT2D eigenvalue weighted by Crippen LogP contribution is -2.40. The second-order valence-corrected chi connectivity index (χ2v) is 5.79. The first-order valence-electron chi connectivity index (χ1n) is 4.77. The average molecular weight is 206 g/mol. The van der Waals surface area contributed by atoms with Gasteiger partial charge in [0.2, 0.25) is 0 Å². The Morgan fingerprint density at radius 3 is 2.31 bits per heavy atom. The van der Waals surface area contributed by atoms with Crippen LogP contribution in [-0.2, 0) is 9.84 Å². The molecule has 0 amide bonds. The zero-order valence-electron chi connectivity index (χ0n) is 7.91. The summed E-state index contributed by atoms with van der Waals surface area (Å²) in [4.78, 5) is 2.21. The number of unbranched alkanes of at least 4 members (excludes halogenated alkanes) is 1. The molecule has 0 aliphatic carbocycles. The molecule has 1 heterocycles. The first-order chi connectivity index (χ1) is 6.14. The summed E-state index contributed by atoms with van der Waals surface area (Å²) in [6, 6.07) is 0. The van der Waals surface area contributed by atoms with Crippen LogP contribution < -0.4 is 5.73 Å². The predicted octanol–water partition coefficient (Wildman–Crippen LogP) is -0.544. The fraction of sp³-hybridized carbons (Fsp3) is 1.00. The van der Waals surface area contributed by atoms with Gasteiger partial charge < -0.3 is 10.6 Å². The van der Waals surface area contributed by atoms with E-state index in [9.17, 15) is 8.42 Å². The van der Waals surface area contributed by atoms with Gasteiger partial charge in [0.05, 0.1) is 11.5 Å². The highest BCUT2D eigenvalue weighted by Gasteiger charge is 2.20. The Labute approximate surface area is 80.0 Å². The standard InChI is InChI=1S/C8H18N2O2S/c9-3-1-2-4-10-5-7-13(11,12)8-6-10/h1-9H2. The fourth-order valence-electron chi connectivity index (χ4n) is 1.45. The normalized spacial score (nSPS) is 23.2. The van der Waals surface area contributed by atoms with Crippen molar-refractivity contribution in [2.75, 3.05) is 37.7 Å². The van der Waals surface area contributed by atoms with Crippen molar-refractivity contribution in [1.82, 2.24) is 4.90 Å². The quantitative estimate of drug-likeness (QED) is 0.627. The monoisotopic (exact) mass is 206 g/mol. The first kappa shape index (κ1) is 10.9. The highest BCUT2D eigenvalue weighted by molar-refractivity contribution is 7.91. The van der Waals surface area contributed by atoms with Gasteiger partial charge in [0.1, 0.15) is 0 Å². The van der Waals surface area contributed by atoms with E-state index in [0.717, 1.165) is 25.9 Å². The van der Waals surface area contributed by atoms with Crippen molar-refractivity contribution in [3.05, 3.63) is 0 Å². The molecule has 78 valence electrons. The molecule has 0 saturated carbocycles. The highest BCUT2D eigenvalue weighted by Crippen LogP contribution is 2.04. The number of hydrogen-bond acceptors (Lipinski definition) is 4. The van der Waals surface area contributed by atoms with E-state index < -0.39 is 9.84 Å². The lowest BCUT2D eigenvalue weighted by atomic mass is 10.3. The summed E-state index contributed by atoms with van der Waals surface area (Å²) in [7, 11) is -2.71. The summed E-state index contributed by atoms with van der Waals surface area (Å²) in [5, 5.41) is 0. The Bertz CT molecular complexity index is 225. The third-order valence-corrected chi connectivity index (χ3v) is 3.97. The van der Waals surface area contributed by atoms with Gasteiger partial charge in [-0.1, -0.05) is 0 Å². The van der Waals surface area contributed by atoms with Gasteiger partial charge in [-0.25, -0.2) is 8.42 Å². The molecule has 0 bridgehead atoms. The molecule has 0 atom stereocenters. The van der Waals surface area contributed by atoms with E-state index in [1.807, 2.05) is 0 Å². The van der Waals surface area contributed by atoms with Crippen molar-refractivity contribution in [1.29, 1.82) is 0 Å². The van der Waals surface area contributed by atoms with Crippen LogP contribution in [0.4, 0.5) is 0 Å². The summed E-state index contributed by atoms with van der Waals surface area (Å²) in [6.07, 6.45) is 2.11. The van der Waals surface area contributed by atoms with E-state index in [1.165, 1.54) is 0 Å². The van der Waals surface area contributed by atoms with Crippen molar-refractivity contribution < 1.29 is 8.42 Å². The number of nitrogens with zero attached hydrogens (tertiary/aromatic N) is 1. The Kier molecular flexibility index (Phi) is 4.15. The Hall–Kier alpha value is -0.130. The van der Waals surface area contributed by atoms with Crippen molar-refractivity contribution in [3.8, 4) is 0 Å². The van der Waals surface area contributed by atoms with Crippen molar-refractivity contribution >= 4 is 9.84 Å². The number of nitrogens with two attached hydrogens (primary N) is 1. The maximum atomic E-state index is 11.1. The van der Waals surface area contributed by atoms with Crippen LogP contribution >= 0.6 is 0 Å². The third-order valence-electron chi connectivity index (χ3n) is 2.37. The van der Waals surface area contributed by atoms with Crippen molar-refractivity contribution in [2.24, 2.45) is 5.73 Å². The van der Waals surface area contributed by atoms with Gasteiger partial charge in [-0.2, -0.15) is 0 Å². The molecule has 1 saturated heterocycles. The lowest BCUT2D eigenvalue weighted by Gasteiger charge is -2.26. The van der Waals surface area contributed by atoms with Gasteiger partial charge in [-0.05, 0) is 25.9 Å². The molecule has 2 N–H and O–H groups in total. The molecule has 1 rings (SSSR count). The predicted molar refractivity (Wildman–Crippen MR) is 53.4 cm³/mol. The summed E-state index contributed by atoms with van der Waals surface area (Å²) >= 11 is 0. The van der Waals surface area contributed by atoms with Gasteiger partial charge in [-0.15, -0.1) is 0 Å². The van der Waals surface area contributed by atoms with Crippen molar-refractivity contribution in [3.63, 3.8) is 0 Å². The van der Waals surface area contributed by atoms with Crippen LogP contribution in [0.1, 0.15) is 12.8 Å². The van der Waals surface area contributed by atoms with Crippen LogP contribution in [0.2, 0.25) is 0 Å². The molecule has 0 unspecified atom stereocenters. The maximum Gasteiger partial charge on any atom is 0.152 e. The maximum absolute atomic E-state index is 11.1. The summed E-state index contributed by atoms with van der Waals surface area (Å²) in [5.74, 6) is 0.658. The molecular formula is C8H18N2O2S. The van der Waals surface area contributed by atoms with E-state index in [2.05, 4.69) is 4.90 Å². The summed E-state index contributed by atoms with van der Waals surface area (Å²) in [6.45, 7) is 3.12. The molecule has 5 heteroatoms. The average Bonchev–Trinajstić information content (AvgIpc) is 2.08. The van der Waals surface area contributed by atoms with Crippen LogP contribution in [0, 0.1) is 0 Å². The Balaban J connectivity index is 2.18. The van der Waals surface area contributed by atoms with Crippen LogP contribution in [-0.4, -0.2) is 51.0 Å². The van der Waals surface area contributed by atoms with Crippen LogP contribution in [0.5, 0.6) is 0 Å². The molecular weight excluding hydrogens is 188 g/mol. The minimum atomic E-state index is -2.71. The fourth-order valence-corrected chi connectivity index (χ4v) is 2.73. The molecule has 1 aliphatic heterocycles. The van der Waals surface area contributed by atoms with Gasteiger partial charge in [0, 0.05) is 13.1 Å². The van der Waals surface area contributed by atoms with E-state index in [4.69, 9.17) is 5.73 Å². The number of hydrogen-bond donors (Lipinski definition) is 1. The van der Waals surface area contributed by atoms with Crippen LogP contribution in [0.15, 0.2) is 0 Å². The molecule has 4 nitrogen and oxygen atoms in total. The minimum Gasteiger partial charge on any atom is -0.330 e. The molecule has 0 radical (unpaired) electrons. The molecule has 1 fully saturated rings. The molecule has 0 aromatic heterocycles. The van der Waals surface area contributed by atoms with Crippen molar-refractivity contribution in [2.45, 2.75) is 12.8 Å². The zero-order chi connectivity index (χ0) is 9.73. The largest absolute Gasteiger partial charge is 0.330 e. The Morgan fingerprint density at radius 2 is 1.77 bits per heavy atom. The topological polar surface area (TPSA) is 63.4 Å². The summed E-state index contributed by atoms with van der Waals surface area (Å²) in [5.41, 5.74) is 5.37. The molecule has 1 aliphatic rings. The third kappa shape index (κ3) is 4.06.